The number of halogens is 4. The molecule has 1 aromatic heterocycles. The summed E-state index contributed by atoms with van der Waals surface area (Å²) >= 11 is 5.68. The minimum Gasteiger partial charge on any atom is -0.353 e. The van der Waals surface area contributed by atoms with E-state index in [2.05, 4.69) is 25.8 Å². The van der Waals surface area contributed by atoms with Gasteiger partial charge in [-0.3, -0.25) is 0 Å². The van der Waals surface area contributed by atoms with Gasteiger partial charge in [-0.05, 0) is 30.2 Å². The van der Waals surface area contributed by atoms with E-state index in [0.29, 0.717) is 6.54 Å². The zero-order valence-corrected chi connectivity index (χ0v) is 14.7. The topological polar surface area (TPSA) is 62.7 Å². The van der Waals surface area contributed by atoms with E-state index >= 15 is 0 Å². The quantitative estimate of drug-likeness (QED) is 0.621. The molecule has 0 atom stereocenters. The first kappa shape index (κ1) is 18.9. The Labute approximate surface area is 158 Å². The van der Waals surface area contributed by atoms with Crippen LogP contribution in [-0.4, -0.2) is 21.7 Å². The summed E-state index contributed by atoms with van der Waals surface area (Å²) in [6, 6.07) is 13.3. The van der Waals surface area contributed by atoms with Gasteiger partial charge in [-0.1, -0.05) is 41.9 Å². The molecular formula is C18H15ClF3N5. The smallest absolute Gasteiger partial charge is 0.353 e. The first-order chi connectivity index (χ1) is 12.9. The zero-order chi connectivity index (χ0) is 19.3. The number of nitrogens with one attached hydrogen (secondary N) is 2. The predicted octanol–water partition coefficient (Wildman–Crippen LogP) is 4.94. The van der Waals surface area contributed by atoms with Crippen LogP contribution in [0.4, 0.5) is 30.6 Å². The second kappa shape index (κ2) is 8.22. The van der Waals surface area contributed by atoms with E-state index in [1.165, 1.54) is 18.3 Å². The Hall–Kier alpha value is -2.87. The monoisotopic (exact) mass is 393 g/mol. The van der Waals surface area contributed by atoms with Crippen molar-refractivity contribution in [2.75, 3.05) is 17.2 Å². The lowest BCUT2D eigenvalue weighted by Crippen LogP contribution is -2.11. The average Bonchev–Trinajstić information content (AvgIpc) is 2.64. The van der Waals surface area contributed by atoms with Crippen LogP contribution in [0.1, 0.15) is 11.1 Å². The summed E-state index contributed by atoms with van der Waals surface area (Å²) in [4.78, 5) is 4.15. The van der Waals surface area contributed by atoms with Gasteiger partial charge in [0.1, 0.15) is 0 Å². The normalized spacial score (nSPS) is 11.3. The summed E-state index contributed by atoms with van der Waals surface area (Å²) in [5, 5.41) is 13.2. The van der Waals surface area contributed by atoms with Gasteiger partial charge < -0.3 is 10.6 Å². The molecule has 0 fully saturated rings. The number of anilines is 3. The van der Waals surface area contributed by atoms with Crippen molar-refractivity contribution in [3.8, 4) is 0 Å². The predicted molar refractivity (Wildman–Crippen MR) is 98.2 cm³/mol. The minimum absolute atomic E-state index is 0.00282. The average molecular weight is 394 g/mol. The molecule has 0 bridgehead atoms. The second-order valence-electron chi connectivity index (χ2n) is 5.64. The fraction of sp³-hybridized carbons (Fsp3) is 0.167. The van der Waals surface area contributed by atoms with E-state index in [-0.39, 0.29) is 22.5 Å². The van der Waals surface area contributed by atoms with E-state index in [0.717, 1.165) is 18.1 Å². The van der Waals surface area contributed by atoms with Crippen LogP contribution in [0.3, 0.4) is 0 Å². The molecule has 3 rings (SSSR count). The largest absolute Gasteiger partial charge is 0.418 e. The minimum atomic E-state index is -4.55. The fourth-order valence-electron chi connectivity index (χ4n) is 2.40. The summed E-state index contributed by atoms with van der Waals surface area (Å²) in [7, 11) is 0. The number of nitrogens with zero attached hydrogens (tertiary/aromatic N) is 3. The van der Waals surface area contributed by atoms with E-state index in [9.17, 15) is 13.2 Å². The SMILES string of the molecule is FC(F)(F)c1cc(Cl)ccc1Nc1cnnc(NCCc2ccccc2)n1. The van der Waals surface area contributed by atoms with Crippen LogP contribution in [-0.2, 0) is 12.6 Å². The van der Waals surface area contributed by atoms with Gasteiger partial charge in [-0.25, -0.2) is 0 Å². The molecule has 0 saturated heterocycles. The van der Waals surface area contributed by atoms with Crippen molar-refractivity contribution in [3.63, 3.8) is 0 Å². The molecule has 0 spiro atoms. The number of alkyl halides is 3. The number of rotatable bonds is 6. The van der Waals surface area contributed by atoms with Gasteiger partial charge in [-0.15, -0.1) is 5.10 Å². The molecule has 140 valence electrons. The number of hydrogen-bond acceptors (Lipinski definition) is 5. The first-order valence-corrected chi connectivity index (χ1v) is 8.41. The van der Waals surface area contributed by atoms with E-state index in [1.807, 2.05) is 30.3 Å². The third-order valence-electron chi connectivity index (χ3n) is 3.65. The molecule has 3 aromatic rings. The Kier molecular flexibility index (Phi) is 5.75. The van der Waals surface area contributed by atoms with Gasteiger partial charge in [0.2, 0.25) is 5.95 Å². The van der Waals surface area contributed by atoms with Crippen LogP contribution in [0.25, 0.3) is 0 Å². The summed E-state index contributed by atoms with van der Waals surface area (Å²) in [5.74, 6) is 0.360. The van der Waals surface area contributed by atoms with Crippen LogP contribution in [0, 0.1) is 0 Å². The maximum atomic E-state index is 13.2. The molecule has 0 unspecified atom stereocenters. The third kappa shape index (κ3) is 5.30. The van der Waals surface area contributed by atoms with E-state index < -0.39 is 11.7 Å². The van der Waals surface area contributed by atoms with Crippen LogP contribution >= 0.6 is 11.6 Å². The fourth-order valence-corrected chi connectivity index (χ4v) is 2.57. The lowest BCUT2D eigenvalue weighted by Gasteiger charge is -2.14. The van der Waals surface area contributed by atoms with Gasteiger partial charge in [-0.2, -0.15) is 23.3 Å². The van der Waals surface area contributed by atoms with Gasteiger partial charge in [0.15, 0.2) is 5.82 Å². The Morgan fingerprint density at radius 2 is 1.81 bits per heavy atom. The maximum absolute atomic E-state index is 13.2. The molecule has 0 aliphatic heterocycles. The maximum Gasteiger partial charge on any atom is 0.418 e. The Balaban J connectivity index is 1.69. The third-order valence-corrected chi connectivity index (χ3v) is 3.88. The molecular weight excluding hydrogens is 379 g/mol. The molecule has 2 N–H and O–H groups in total. The number of hydrogen-bond donors (Lipinski definition) is 2. The van der Waals surface area contributed by atoms with Gasteiger partial charge >= 0.3 is 6.18 Å². The van der Waals surface area contributed by atoms with E-state index in [1.54, 1.807) is 0 Å². The molecule has 0 amide bonds. The van der Waals surface area contributed by atoms with Crippen molar-refractivity contribution < 1.29 is 13.2 Å². The standard InChI is InChI=1S/C18H15ClF3N5/c19-13-6-7-15(14(10-13)18(20,21)22)25-16-11-24-27-17(26-16)23-9-8-12-4-2-1-3-5-12/h1-7,10-11H,8-9H2,(H2,23,25,26,27). The van der Waals surface area contributed by atoms with Crippen molar-refractivity contribution in [3.05, 3.63) is 70.9 Å². The summed E-state index contributed by atoms with van der Waals surface area (Å²) in [6.45, 7) is 0.559. The Bertz CT molecular complexity index is 903. The summed E-state index contributed by atoms with van der Waals surface area (Å²) < 4.78 is 39.5. The molecule has 9 heteroatoms. The van der Waals surface area contributed by atoms with Gasteiger partial charge in [0.25, 0.3) is 0 Å². The Morgan fingerprint density at radius 1 is 1.04 bits per heavy atom. The lowest BCUT2D eigenvalue weighted by atomic mass is 10.1. The molecule has 1 heterocycles. The van der Waals surface area contributed by atoms with Crippen molar-refractivity contribution >= 4 is 29.1 Å². The molecule has 27 heavy (non-hydrogen) atoms. The van der Waals surface area contributed by atoms with Crippen molar-refractivity contribution in [2.24, 2.45) is 0 Å². The van der Waals surface area contributed by atoms with Crippen molar-refractivity contribution in [1.82, 2.24) is 15.2 Å². The van der Waals surface area contributed by atoms with Crippen LogP contribution in [0.15, 0.2) is 54.7 Å². The first-order valence-electron chi connectivity index (χ1n) is 8.03. The molecule has 0 aliphatic carbocycles. The molecule has 2 aromatic carbocycles. The second-order valence-corrected chi connectivity index (χ2v) is 6.08. The number of benzene rings is 2. The molecule has 0 radical (unpaired) electrons. The van der Waals surface area contributed by atoms with Crippen LogP contribution < -0.4 is 10.6 Å². The van der Waals surface area contributed by atoms with Crippen molar-refractivity contribution in [2.45, 2.75) is 12.6 Å². The zero-order valence-electron chi connectivity index (χ0n) is 14.0. The van der Waals surface area contributed by atoms with E-state index in [4.69, 9.17) is 11.6 Å². The van der Waals surface area contributed by atoms with Gasteiger partial charge in [0.05, 0.1) is 17.4 Å². The molecule has 5 nitrogen and oxygen atoms in total. The Morgan fingerprint density at radius 3 is 2.56 bits per heavy atom. The van der Waals surface area contributed by atoms with Crippen LogP contribution in [0.5, 0.6) is 0 Å². The highest BCUT2D eigenvalue weighted by molar-refractivity contribution is 6.30. The highest BCUT2D eigenvalue weighted by Gasteiger charge is 2.34. The molecule has 0 aliphatic rings. The van der Waals surface area contributed by atoms with Crippen LogP contribution in [0.2, 0.25) is 5.02 Å². The van der Waals surface area contributed by atoms with Crippen molar-refractivity contribution in [1.29, 1.82) is 0 Å². The van der Waals surface area contributed by atoms with Gasteiger partial charge in [0, 0.05) is 11.6 Å². The highest BCUT2D eigenvalue weighted by atomic mass is 35.5. The molecule has 0 saturated carbocycles. The lowest BCUT2D eigenvalue weighted by molar-refractivity contribution is -0.136. The highest BCUT2D eigenvalue weighted by Crippen LogP contribution is 2.37. The summed E-state index contributed by atoms with van der Waals surface area (Å²) in [5.41, 5.74) is 0.0954. The number of aromatic nitrogens is 3. The summed E-state index contributed by atoms with van der Waals surface area (Å²) in [6.07, 6.45) is -2.56.